The average Bonchev–Trinajstić information content (AvgIpc) is 2.14. The molecule has 17 heavy (non-hydrogen) atoms. The molecule has 0 bridgehead atoms. The Morgan fingerprint density at radius 2 is 1.94 bits per heavy atom. The van der Waals surface area contributed by atoms with Crippen molar-refractivity contribution in [1.29, 1.82) is 0 Å². The molecule has 0 amide bonds. The van der Waals surface area contributed by atoms with Gasteiger partial charge in [-0.1, -0.05) is 20.8 Å². The molecule has 0 aliphatic carbocycles. The molecule has 1 aromatic heterocycles. The zero-order valence-electron chi connectivity index (χ0n) is 11.3. The molecule has 0 radical (unpaired) electrons. The Kier molecular flexibility index (Phi) is 3.91. The molecule has 1 rings (SSSR count). The standard InChI is InChI=1S/C14H21NO2/c1-13(2,3)10-14(4,5)17-12(16)11-7-6-8-15-9-11/h6-9H,10H2,1-5H3. The monoisotopic (exact) mass is 235 g/mol. The summed E-state index contributed by atoms with van der Waals surface area (Å²) in [4.78, 5) is 15.8. The maximum Gasteiger partial charge on any atom is 0.340 e. The number of hydrogen-bond donors (Lipinski definition) is 0. The SMILES string of the molecule is CC(C)(C)CC(C)(C)OC(=O)c1cccnc1. The van der Waals surface area contributed by atoms with Gasteiger partial charge in [-0.25, -0.2) is 4.79 Å². The van der Waals surface area contributed by atoms with E-state index >= 15 is 0 Å². The summed E-state index contributed by atoms with van der Waals surface area (Å²) in [7, 11) is 0. The van der Waals surface area contributed by atoms with Gasteiger partial charge < -0.3 is 4.74 Å². The fourth-order valence-corrected chi connectivity index (χ4v) is 2.11. The predicted molar refractivity (Wildman–Crippen MR) is 67.8 cm³/mol. The highest BCUT2D eigenvalue weighted by molar-refractivity contribution is 5.89. The van der Waals surface area contributed by atoms with Crippen LogP contribution in [0.4, 0.5) is 0 Å². The normalized spacial score (nSPS) is 12.3. The van der Waals surface area contributed by atoms with Gasteiger partial charge in [0.25, 0.3) is 0 Å². The van der Waals surface area contributed by atoms with E-state index in [-0.39, 0.29) is 11.4 Å². The lowest BCUT2D eigenvalue weighted by Crippen LogP contribution is -2.32. The van der Waals surface area contributed by atoms with Gasteiger partial charge in [-0.2, -0.15) is 0 Å². The van der Waals surface area contributed by atoms with E-state index in [1.165, 1.54) is 6.20 Å². The topological polar surface area (TPSA) is 39.2 Å². The molecule has 0 atom stereocenters. The third-order valence-electron chi connectivity index (χ3n) is 2.22. The summed E-state index contributed by atoms with van der Waals surface area (Å²) in [6.07, 6.45) is 3.97. The third-order valence-corrected chi connectivity index (χ3v) is 2.22. The van der Waals surface area contributed by atoms with Crippen LogP contribution < -0.4 is 0 Å². The van der Waals surface area contributed by atoms with Gasteiger partial charge in [0.15, 0.2) is 0 Å². The molecular weight excluding hydrogens is 214 g/mol. The van der Waals surface area contributed by atoms with E-state index in [0.29, 0.717) is 5.56 Å². The molecule has 0 aromatic carbocycles. The molecule has 94 valence electrons. The number of esters is 1. The van der Waals surface area contributed by atoms with Crippen LogP contribution in [-0.2, 0) is 4.74 Å². The minimum absolute atomic E-state index is 0.124. The Hall–Kier alpha value is -1.38. The number of rotatable bonds is 3. The van der Waals surface area contributed by atoms with Crippen LogP contribution in [0.15, 0.2) is 24.5 Å². The fraction of sp³-hybridized carbons (Fsp3) is 0.571. The lowest BCUT2D eigenvalue weighted by Gasteiger charge is -2.32. The number of ether oxygens (including phenoxy) is 1. The molecule has 1 aromatic rings. The van der Waals surface area contributed by atoms with E-state index in [1.54, 1.807) is 18.3 Å². The molecule has 0 aliphatic heterocycles. The van der Waals surface area contributed by atoms with Crippen molar-refractivity contribution in [1.82, 2.24) is 4.98 Å². The van der Waals surface area contributed by atoms with E-state index in [9.17, 15) is 4.79 Å². The van der Waals surface area contributed by atoms with E-state index in [2.05, 4.69) is 25.8 Å². The Bertz CT molecular complexity index is 377. The van der Waals surface area contributed by atoms with Crippen LogP contribution in [-0.4, -0.2) is 16.6 Å². The van der Waals surface area contributed by atoms with Gasteiger partial charge in [0.1, 0.15) is 5.60 Å². The van der Waals surface area contributed by atoms with Crippen LogP contribution in [0.3, 0.4) is 0 Å². The van der Waals surface area contributed by atoms with E-state index < -0.39 is 5.60 Å². The molecule has 0 spiro atoms. The number of carbonyl (C=O) groups is 1. The number of hydrogen-bond acceptors (Lipinski definition) is 3. The van der Waals surface area contributed by atoms with Gasteiger partial charge >= 0.3 is 5.97 Å². The molecule has 1 heterocycles. The summed E-state index contributed by atoms with van der Waals surface area (Å²) in [5, 5.41) is 0. The van der Waals surface area contributed by atoms with Crippen LogP contribution in [0, 0.1) is 5.41 Å². The maximum absolute atomic E-state index is 11.9. The molecule has 0 aliphatic rings. The number of aromatic nitrogens is 1. The average molecular weight is 235 g/mol. The summed E-state index contributed by atoms with van der Waals surface area (Å²) in [5.74, 6) is -0.313. The summed E-state index contributed by atoms with van der Waals surface area (Å²) >= 11 is 0. The first-order valence-electron chi connectivity index (χ1n) is 5.83. The van der Waals surface area contributed by atoms with Crippen LogP contribution in [0.1, 0.15) is 51.4 Å². The van der Waals surface area contributed by atoms with Gasteiger partial charge in [0.05, 0.1) is 5.56 Å². The second-order valence-corrected chi connectivity index (χ2v) is 6.13. The Morgan fingerprint density at radius 1 is 1.29 bits per heavy atom. The van der Waals surface area contributed by atoms with Crippen molar-refractivity contribution in [2.24, 2.45) is 5.41 Å². The first-order chi connectivity index (χ1) is 7.70. The number of pyridine rings is 1. The van der Waals surface area contributed by atoms with Crippen molar-refractivity contribution in [3.05, 3.63) is 30.1 Å². The lowest BCUT2D eigenvalue weighted by atomic mass is 9.83. The smallest absolute Gasteiger partial charge is 0.340 e. The molecule has 0 saturated carbocycles. The van der Waals surface area contributed by atoms with Gasteiger partial charge in [0, 0.05) is 12.4 Å². The van der Waals surface area contributed by atoms with E-state index in [1.807, 2.05) is 13.8 Å². The van der Waals surface area contributed by atoms with Crippen molar-refractivity contribution < 1.29 is 9.53 Å². The van der Waals surface area contributed by atoms with Crippen molar-refractivity contribution in [2.45, 2.75) is 46.6 Å². The molecule has 0 saturated heterocycles. The van der Waals surface area contributed by atoms with Crippen LogP contribution >= 0.6 is 0 Å². The first-order valence-corrected chi connectivity index (χ1v) is 5.83. The minimum atomic E-state index is -0.467. The number of nitrogens with zero attached hydrogens (tertiary/aromatic N) is 1. The summed E-state index contributed by atoms with van der Waals surface area (Å²) in [5.41, 5.74) is 0.152. The van der Waals surface area contributed by atoms with E-state index in [0.717, 1.165) is 6.42 Å². The highest BCUT2D eigenvalue weighted by Gasteiger charge is 2.29. The fourth-order valence-electron chi connectivity index (χ4n) is 2.11. The van der Waals surface area contributed by atoms with Crippen LogP contribution in [0.5, 0.6) is 0 Å². The largest absolute Gasteiger partial charge is 0.456 e. The summed E-state index contributed by atoms with van der Waals surface area (Å²) in [6, 6.07) is 3.44. The quantitative estimate of drug-likeness (QED) is 0.753. The van der Waals surface area contributed by atoms with E-state index in [4.69, 9.17) is 4.74 Å². The van der Waals surface area contributed by atoms with Gasteiger partial charge in [0.2, 0.25) is 0 Å². The maximum atomic E-state index is 11.9. The summed E-state index contributed by atoms with van der Waals surface area (Å²) in [6.45, 7) is 10.3. The molecular formula is C14H21NO2. The zero-order valence-corrected chi connectivity index (χ0v) is 11.3. The molecule has 0 unspecified atom stereocenters. The zero-order chi connectivity index (χ0) is 13.1. The van der Waals surface area contributed by atoms with Crippen molar-refractivity contribution in [3.8, 4) is 0 Å². The Balaban J connectivity index is 2.69. The Morgan fingerprint density at radius 3 is 2.41 bits per heavy atom. The van der Waals surface area contributed by atoms with Gasteiger partial charge in [-0.05, 0) is 37.8 Å². The second kappa shape index (κ2) is 4.86. The molecule has 3 nitrogen and oxygen atoms in total. The number of carbonyl (C=O) groups excluding carboxylic acids is 1. The van der Waals surface area contributed by atoms with Crippen molar-refractivity contribution in [2.75, 3.05) is 0 Å². The Labute approximate surface area is 103 Å². The van der Waals surface area contributed by atoms with Crippen molar-refractivity contribution >= 4 is 5.97 Å². The summed E-state index contributed by atoms with van der Waals surface area (Å²) < 4.78 is 5.52. The first kappa shape index (κ1) is 13.7. The second-order valence-electron chi connectivity index (χ2n) is 6.13. The van der Waals surface area contributed by atoms with Gasteiger partial charge in [-0.3, -0.25) is 4.98 Å². The lowest BCUT2D eigenvalue weighted by molar-refractivity contribution is -0.0178. The van der Waals surface area contributed by atoms with Crippen LogP contribution in [0.2, 0.25) is 0 Å². The molecule has 3 heteroatoms. The van der Waals surface area contributed by atoms with Gasteiger partial charge in [-0.15, -0.1) is 0 Å². The molecule has 0 N–H and O–H groups in total. The van der Waals surface area contributed by atoms with Crippen LogP contribution in [0.25, 0.3) is 0 Å². The van der Waals surface area contributed by atoms with Crippen molar-refractivity contribution in [3.63, 3.8) is 0 Å². The predicted octanol–water partition coefficient (Wildman–Crippen LogP) is 3.45. The highest BCUT2D eigenvalue weighted by Crippen LogP contribution is 2.29. The molecule has 0 fully saturated rings. The minimum Gasteiger partial charge on any atom is -0.456 e. The highest BCUT2D eigenvalue weighted by atomic mass is 16.6. The third kappa shape index (κ3) is 4.98.